The molecular formula is C14H14F3N3O. The monoisotopic (exact) mass is 297 g/mol. The maximum Gasteiger partial charge on any atom is 0.283 e. The fourth-order valence-electron chi connectivity index (χ4n) is 1.98. The van der Waals surface area contributed by atoms with Gasteiger partial charge < -0.3 is 5.32 Å². The summed E-state index contributed by atoms with van der Waals surface area (Å²) in [5.74, 6) is -1.99. The lowest BCUT2D eigenvalue weighted by Gasteiger charge is -2.14. The molecule has 112 valence electrons. The largest absolute Gasteiger partial charge is 0.345 e. The number of alkyl halides is 2. The zero-order valence-corrected chi connectivity index (χ0v) is 11.5. The quantitative estimate of drug-likeness (QED) is 0.943. The van der Waals surface area contributed by atoms with Crippen molar-refractivity contribution in [3.8, 4) is 0 Å². The molecule has 0 radical (unpaired) electrons. The van der Waals surface area contributed by atoms with Gasteiger partial charge >= 0.3 is 0 Å². The Morgan fingerprint density at radius 1 is 1.29 bits per heavy atom. The number of halogens is 3. The minimum absolute atomic E-state index is 0.441. The van der Waals surface area contributed by atoms with Crippen molar-refractivity contribution in [2.24, 2.45) is 7.05 Å². The van der Waals surface area contributed by atoms with Crippen LogP contribution in [0.3, 0.4) is 0 Å². The third-order valence-corrected chi connectivity index (χ3v) is 3.09. The molecule has 1 heterocycles. The molecule has 4 nitrogen and oxygen atoms in total. The van der Waals surface area contributed by atoms with Crippen LogP contribution in [0.2, 0.25) is 0 Å². The summed E-state index contributed by atoms with van der Waals surface area (Å²) in [7, 11) is 1.17. The summed E-state index contributed by atoms with van der Waals surface area (Å²) >= 11 is 0. The molecule has 0 bridgehead atoms. The molecule has 0 fully saturated rings. The summed E-state index contributed by atoms with van der Waals surface area (Å²) in [6.07, 6.45) is -3.02. The first-order valence-electron chi connectivity index (χ1n) is 6.28. The van der Waals surface area contributed by atoms with E-state index in [1.165, 1.54) is 7.05 Å². The van der Waals surface area contributed by atoms with Gasteiger partial charge in [0.15, 0.2) is 0 Å². The lowest BCUT2D eigenvalue weighted by atomic mass is 10.1. The van der Waals surface area contributed by atoms with Gasteiger partial charge in [-0.25, -0.2) is 13.5 Å². The second-order valence-electron chi connectivity index (χ2n) is 4.58. The van der Waals surface area contributed by atoms with E-state index in [1.807, 2.05) is 6.07 Å². The van der Waals surface area contributed by atoms with Crippen LogP contribution in [0.15, 0.2) is 30.3 Å². The van der Waals surface area contributed by atoms with E-state index >= 15 is 0 Å². The highest BCUT2D eigenvalue weighted by atomic mass is 19.3. The van der Waals surface area contributed by atoms with Gasteiger partial charge in [-0.15, -0.1) is 0 Å². The van der Waals surface area contributed by atoms with Crippen molar-refractivity contribution in [1.29, 1.82) is 0 Å². The molecule has 1 atom stereocenters. The van der Waals surface area contributed by atoms with Gasteiger partial charge in [-0.3, -0.25) is 4.79 Å². The topological polar surface area (TPSA) is 46.9 Å². The van der Waals surface area contributed by atoms with E-state index in [0.29, 0.717) is 4.68 Å². The van der Waals surface area contributed by atoms with E-state index in [1.54, 1.807) is 31.2 Å². The van der Waals surface area contributed by atoms with Gasteiger partial charge in [0.2, 0.25) is 5.95 Å². The van der Waals surface area contributed by atoms with Gasteiger partial charge in [-0.1, -0.05) is 30.3 Å². The predicted molar refractivity (Wildman–Crippen MR) is 70.4 cm³/mol. The Hall–Kier alpha value is -2.31. The summed E-state index contributed by atoms with van der Waals surface area (Å²) < 4.78 is 40.1. The van der Waals surface area contributed by atoms with Crippen molar-refractivity contribution >= 4 is 5.91 Å². The molecule has 0 aliphatic rings. The molecule has 1 N–H and O–H groups in total. The van der Waals surface area contributed by atoms with Gasteiger partial charge in [-0.05, 0) is 12.5 Å². The third kappa shape index (κ3) is 3.07. The van der Waals surface area contributed by atoms with E-state index in [9.17, 15) is 18.0 Å². The minimum atomic E-state index is -3.02. The number of carbonyl (C=O) groups is 1. The highest BCUT2D eigenvalue weighted by Gasteiger charge is 2.29. The smallest absolute Gasteiger partial charge is 0.283 e. The summed E-state index contributed by atoms with van der Waals surface area (Å²) in [4.78, 5) is 12.1. The van der Waals surface area contributed by atoms with Crippen LogP contribution in [-0.2, 0) is 7.05 Å². The van der Waals surface area contributed by atoms with E-state index in [4.69, 9.17) is 0 Å². The molecule has 0 aliphatic heterocycles. The van der Waals surface area contributed by atoms with Crippen molar-refractivity contribution in [1.82, 2.24) is 15.1 Å². The average molecular weight is 297 g/mol. The number of hydrogen-bond acceptors (Lipinski definition) is 2. The zero-order valence-electron chi connectivity index (χ0n) is 11.5. The Morgan fingerprint density at radius 3 is 2.48 bits per heavy atom. The molecule has 21 heavy (non-hydrogen) atoms. The van der Waals surface area contributed by atoms with E-state index in [-0.39, 0.29) is 0 Å². The van der Waals surface area contributed by atoms with Gasteiger partial charge in [0.25, 0.3) is 12.3 Å². The second kappa shape index (κ2) is 5.99. The number of nitrogens with zero attached hydrogens (tertiary/aromatic N) is 2. The number of benzene rings is 1. The Bertz CT molecular complexity index is 640. The first-order chi connectivity index (χ1) is 9.91. The predicted octanol–water partition coefficient (Wildman–Crippen LogP) is 2.99. The van der Waals surface area contributed by atoms with Crippen LogP contribution in [0, 0.1) is 5.95 Å². The molecule has 1 unspecified atom stereocenters. The highest BCUT2D eigenvalue weighted by Crippen LogP contribution is 2.24. The summed E-state index contributed by atoms with van der Waals surface area (Å²) in [6.45, 7) is 1.68. The molecule has 2 aromatic rings. The molecule has 1 aromatic carbocycles. The van der Waals surface area contributed by atoms with Crippen molar-refractivity contribution in [3.63, 3.8) is 0 Å². The maximum atomic E-state index is 13.8. The Balaban J connectivity index is 2.25. The molecular weight excluding hydrogens is 283 g/mol. The van der Waals surface area contributed by atoms with Crippen LogP contribution in [-0.4, -0.2) is 15.7 Å². The van der Waals surface area contributed by atoms with E-state index in [2.05, 4.69) is 10.4 Å². The normalized spacial score (nSPS) is 12.5. The molecule has 1 amide bonds. The van der Waals surface area contributed by atoms with Gasteiger partial charge in [0.05, 0.1) is 6.04 Å². The standard InChI is InChI=1S/C14H14F3N3O/c1-8(9-6-4-3-5-7-9)18-14(21)10-11(12(15)16)19-20(2)13(10)17/h3-8,12H,1-2H3,(H,18,21). The van der Waals surface area contributed by atoms with Crippen LogP contribution < -0.4 is 5.32 Å². The Labute approximate surface area is 119 Å². The Morgan fingerprint density at radius 2 is 1.90 bits per heavy atom. The Kier molecular flexibility index (Phi) is 4.30. The molecule has 0 saturated heterocycles. The minimum Gasteiger partial charge on any atom is -0.345 e. The summed E-state index contributed by atoms with van der Waals surface area (Å²) in [5, 5.41) is 5.84. The first-order valence-corrected chi connectivity index (χ1v) is 6.28. The van der Waals surface area contributed by atoms with Crippen LogP contribution >= 0.6 is 0 Å². The molecule has 0 aliphatic carbocycles. The van der Waals surface area contributed by atoms with Crippen LogP contribution in [0.4, 0.5) is 13.2 Å². The van der Waals surface area contributed by atoms with Crippen LogP contribution in [0.1, 0.15) is 41.0 Å². The van der Waals surface area contributed by atoms with Crippen LogP contribution in [0.5, 0.6) is 0 Å². The van der Waals surface area contributed by atoms with E-state index < -0.39 is 35.6 Å². The number of carbonyl (C=O) groups excluding carboxylic acids is 1. The summed E-state index contributed by atoms with van der Waals surface area (Å²) in [5.41, 5.74) is -0.781. The zero-order chi connectivity index (χ0) is 15.6. The lowest BCUT2D eigenvalue weighted by Crippen LogP contribution is -2.28. The van der Waals surface area contributed by atoms with E-state index in [0.717, 1.165) is 5.56 Å². The number of rotatable bonds is 4. The number of nitrogens with one attached hydrogen (secondary N) is 1. The van der Waals surface area contributed by atoms with Crippen molar-refractivity contribution < 1.29 is 18.0 Å². The number of amides is 1. The van der Waals surface area contributed by atoms with Gasteiger partial charge in [0.1, 0.15) is 11.3 Å². The van der Waals surface area contributed by atoms with Crippen molar-refractivity contribution in [3.05, 3.63) is 53.1 Å². The molecule has 0 saturated carbocycles. The SMILES string of the molecule is CC(NC(=O)c1c(C(F)F)nn(C)c1F)c1ccccc1. The van der Waals surface area contributed by atoms with Gasteiger partial charge in [0, 0.05) is 7.05 Å². The van der Waals surface area contributed by atoms with Crippen molar-refractivity contribution in [2.75, 3.05) is 0 Å². The third-order valence-electron chi connectivity index (χ3n) is 3.09. The van der Waals surface area contributed by atoms with Crippen LogP contribution in [0.25, 0.3) is 0 Å². The molecule has 1 aromatic heterocycles. The molecule has 2 rings (SSSR count). The summed E-state index contributed by atoms with van der Waals surface area (Å²) in [6, 6.07) is 8.49. The fourth-order valence-corrected chi connectivity index (χ4v) is 1.98. The average Bonchev–Trinajstić information content (AvgIpc) is 2.76. The molecule has 0 spiro atoms. The number of hydrogen-bond donors (Lipinski definition) is 1. The number of aromatic nitrogens is 2. The first kappa shape index (κ1) is 15.1. The fraction of sp³-hybridized carbons (Fsp3) is 0.286. The highest BCUT2D eigenvalue weighted by molar-refractivity contribution is 5.95. The van der Waals surface area contributed by atoms with Crippen molar-refractivity contribution in [2.45, 2.75) is 19.4 Å². The second-order valence-corrected chi connectivity index (χ2v) is 4.58. The molecule has 7 heteroatoms. The maximum absolute atomic E-state index is 13.8. The van der Waals surface area contributed by atoms with Gasteiger partial charge in [-0.2, -0.15) is 9.49 Å². The number of aryl methyl sites for hydroxylation is 1. The lowest BCUT2D eigenvalue weighted by molar-refractivity contribution is 0.0920.